The van der Waals surface area contributed by atoms with E-state index in [0.29, 0.717) is 39.0 Å². The summed E-state index contributed by atoms with van der Waals surface area (Å²) in [7, 11) is 1.44. The summed E-state index contributed by atoms with van der Waals surface area (Å²) >= 11 is 2.79. The van der Waals surface area contributed by atoms with Crippen LogP contribution < -0.4 is 20.7 Å². The highest BCUT2D eigenvalue weighted by atomic mass is 32.2. The summed E-state index contributed by atoms with van der Waals surface area (Å²) in [6.07, 6.45) is 4.29. The lowest BCUT2D eigenvalue weighted by molar-refractivity contribution is -0.114. The minimum absolute atomic E-state index is 0.00837. The van der Waals surface area contributed by atoms with Crippen LogP contribution >= 0.6 is 23.1 Å². The number of nitrogens with zero attached hydrogens (tertiary/aromatic N) is 1. The van der Waals surface area contributed by atoms with Crippen molar-refractivity contribution in [3.05, 3.63) is 106 Å². The fraction of sp³-hybridized carbons (Fsp3) is 0.200. The van der Waals surface area contributed by atoms with Crippen LogP contribution in [0.5, 0.6) is 11.5 Å². The Balaban J connectivity index is 1.28. The van der Waals surface area contributed by atoms with Crippen molar-refractivity contribution in [1.29, 1.82) is 5.26 Å². The molecule has 1 aromatic heterocycles. The maximum Gasteiger partial charge on any atom is 0.272 e. The standard InChI is InChI=1S/C35H32N4O5S2/c1-21-11-14-27-28(19-36)35(46-31(27)15-21)39-32(41)20-45-26-10-6-9-24(17-26)37-34(43)29(38-33(42)22-7-4-3-5-8-22)16-23-12-13-25(40)18-30(23)44-2/h3-10,12-13,16-18,21,40H,11,14-15,20H2,1-2H3,(H,37,43)(H,38,42)(H,39,41)/b29-16+. The number of hydrogen-bond acceptors (Lipinski definition) is 8. The van der Waals surface area contributed by atoms with Gasteiger partial charge < -0.3 is 25.8 Å². The van der Waals surface area contributed by atoms with Crippen molar-refractivity contribution in [1.82, 2.24) is 5.32 Å². The molecule has 0 fully saturated rings. The maximum atomic E-state index is 13.5. The molecule has 11 heteroatoms. The van der Waals surface area contributed by atoms with E-state index in [-0.39, 0.29) is 23.1 Å². The Morgan fingerprint density at radius 2 is 1.89 bits per heavy atom. The van der Waals surface area contributed by atoms with Gasteiger partial charge in [-0.25, -0.2) is 0 Å². The van der Waals surface area contributed by atoms with Gasteiger partial charge in [-0.15, -0.1) is 23.1 Å². The summed E-state index contributed by atoms with van der Waals surface area (Å²) in [6.45, 7) is 2.20. The van der Waals surface area contributed by atoms with E-state index in [1.807, 2.05) is 6.07 Å². The van der Waals surface area contributed by atoms with Gasteiger partial charge in [-0.3, -0.25) is 14.4 Å². The fourth-order valence-corrected chi connectivity index (χ4v) is 7.18. The number of phenols is 1. The first kappa shape index (κ1) is 32.3. The quantitative estimate of drug-likeness (QED) is 0.112. The number of carbonyl (C=O) groups excluding carboxylic acids is 3. The third-order valence-electron chi connectivity index (χ3n) is 7.38. The number of anilines is 2. The van der Waals surface area contributed by atoms with Crippen LogP contribution in [-0.4, -0.2) is 35.7 Å². The smallest absolute Gasteiger partial charge is 0.272 e. The molecule has 0 saturated carbocycles. The molecule has 1 unspecified atom stereocenters. The summed E-state index contributed by atoms with van der Waals surface area (Å²) in [4.78, 5) is 41.3. The van der Waals surface area contributed by atoms with Crippen LogP contribution in [-0.2, 0) is 22.4 Å². The van der Waals surface area contributed by atoms with Crippen molar-refractivity contribution in [3.63, 3.8) is 0 Å². The zero-order valence-electron chi connectivity index (χ0n) is 25.3. The number of thioether (sulfide) groups is 1. The van der Waals surface area contributed by atoms with Crippen LogP contribution in [0.2, 0.25) is 0 Å². The Morgan fingerprint density at radius 3 is 2.65 bits per heavy atom. The van der Waals surface area contributed by atoms with E-state index in [2.05, 4.69) is 28.9 Å². The molecule has 1 aliphatic rings. The molecule has 3 amide bonds. The number of ether oxygens (including phenoxy) is 1. The Bertz CT molecular complexity index is 1850. The zero-order chi connectivity index (χ0) is 32.6. The van der Waals surface area contributed by atoms with Crippen molar-refractivity contribution >= 4 is 57.6 Å². The van der Waals surface area contributed by atoms with Gasteiger partial charge in [0.15, 0.2) is 0 Å². The highest BCUT2D eigenvalue weighted by Gasteiger charge is 2.25. The molecule has 1 aliphatic carbocycles. The van der Waals surface area contributed by atoms with Crippen molar-refractivity contribution in [2.45, 2.75) is 31.1 Å². The Hall–Kier alpha value is -5.05. The molecule has 1 atom stereocenters. The first-order valence-corrected chi connectivity index (χ1v) is 16.4. The number of thiophene rings is 1. The van der Waals surface area contributed by atoms with Crippen molar-refractivity contribution in [2.24, 2.45) is 5.92 Å². The highest BCUT2D eigenvalue weighted by Crippen LogP contribution is 2.39. The van der Waals surface area contributed by atoms with Gasteiger partial charge in [-0.1, -0.05) is 31.2 Å². The predicted molar refractivity (Wildman–Crippen MR) is 181 cm³/mol. The molecule has 5 rings (SSSR count). The topological polar surface area (TPSA) is 141 Å². The van der Waals surface area contributed by atoms with Crippen LogP contribution in [0.3, 0.4) is 0 Å². The lowest BCUT2D eigenvalue weighted by Crippen LogP contribution is -2.30. The normalized spacial score (nSPS) is 14.0. The molecular formula is C35H32N4O5S2. The second-order valence-corrected chi connectivity index (χ2v) is 12.9. The summed E-state index contributed by atoms with van der Waals surface area (Å²) in [5.74, 6) is -0.303. The third-order valence-corrected chi connectivity index (χ3v) is 9.55. The number of hydrogen-bond donors (Lipinski definition) is 4. The molecule has 1 heterocycles. The number of methoxy groups -OCH3 is 1. The van der Waals surface area contributed by atoms with Crippen LogP contribution in [0.25, 0.3) is 6.08 Å². The second kappa shape index (κ2) is 14.8. The van der Waals surface area contributed by atoms with Gasteiger partial charge in [0.05, 0.1) is 18.4 Å². The number of aromatic hydroxyl groups is 1. The number of phenolic OH excluding ortho intramolecular Hbond substituents is 1. The summed E-state index contributed by atoms with van der Waals surface area (Å²) in [5.41, 5.74) is 2.89. The molecule has 0 bridgehead atoms. The van der Waals surface area contributed by atoms with Gasteiger partial charge in [0.2, 0.25) is 5.91 Å². The minimum atomic E-state index is -0.584. The fourth-order valence-electron chi connectivity index (χ4n) is 5.05. The molecule has 0 spiro atoms. The van der Waals surface area contributed by atoms with Crippen LogP contribution in [0.15, 0.2) is 83.4 Å². The molecule has 4 N–H and O–H groups in total. The largest absolute Gasteiger partial charge is 0.508 e. The van der Waals surface area contributed by atoms with E-state index in [4.69, 9.17) is 4.74 Å². The second-order valence-electron chi connectivity index (χ2n) is 10.8. The molecule has 234 valence electrons. The van der Waals surface area contributed by atoms with E-state index in [0.717, 1.165) is 29.7 Å². The summed E-state index contributed by atoms with van der Waals surface area (Å²) < 4.78 is 5.35. The number of carbonyl (C=O) groups is 3. The first-order chi connectivity index (χ1) is 22.2. The third kappa shape index (κ3) is 7.96. The van der Waals surface area contributed by atoms with Crippen LogP contribution in [0, 0.1) is 17.2 Å². The number of fused-ring (bicyclic) bond motifs is 1. The van der Waals surface area contributed by atoms with E-state index in [1.165, 1.54) is 53.3 Å². The summed E-state index contributed by atoms with van der Waals surface area (Å²) in [5, 5.41) is 28.6. The minimum Gasteiger partial charge on any atom is -0.508 e. The lowest BCUT2D eigenvalue weighted by Gasteiger charge is -2.17. The van der Waals surface area contributed by atoms with E-state index < -0.39 is 11.8 Å². The molecule has 3 aromatic carbocycles. The monoisotopic (exact) mass is 652 g/mol. The van der Waals surface area contributed by atoms with Crippen molar-refractivity contribution in [2.75, 3.05) is 23.5 Å². The van der Waals surface area contributed by atoms with Gasteiger partial charge in [0.25, 0.3) is 11.8 Å². The predicted octanol–water partition coefficient (Wildman–Crippen LogP) is 6.60. The maximum absolute atomic E-state index is 13.5. The van der Waals surface area contributed by atoms with E-state index >= 15 is 0 Å². The van der Waals surface area contributed by atoms with Gasteiger partial charge in [-0.2, -0.15) is 5.26 Å². The molecule has 9 nitrogen and oxygen atoms in total. The van der Waals surface area contributed by atoms with Gasteiger partial charge in [0, 0.05) is 32.7 Å². The van der Waals surface area contributed by atoms with Gasteiger partial charge >= 0.3 is 0 Å². The van der Waals surface area contributed by atoms with Gasteiger partial charge in [0.1, 0.15) is 28.3 Å². The van der Waals surface area contributed by atoms with Crippen molar-refractivity contribution in [3.8, 4) is 17.6 Å². The SMILES string of the molecule is COc1cc(O)ccc1/C=C(/NC(=O)c1ccccc1)C(=O)Nc1cccc(SCC(=O)Nc2sc3c(c2C#N)CCC(C)C3)c1. The van der Waals surface area contributed by atoms with Crippen LogP contribution in [0.1, 0.15) is 45.3 Å². The van der Waals surface area contributed by atoms with Crippen molar-refractivity contribution < 1.29 is 24.2 Å². The Morgan fingerprint density at radius 1 is 1.09 bits per heavy atom. The van der Waals surface area contributed by atoms with E-state index in [1.54, 1.807) is 54.6 Å². The summed E-state index contributed by atoms with van der Waals surface area (Å²) in [6, 6.07) is 22.2. The number of amides is 3. The van der Waals surface area contributed by atoms with Crippen LogP contribution in [0.4, 0.5) is 10.7 Å². The molecule has 0 radical (unpaired) electrons. The van der Waals surface area contributed by atoms with E-state index in [9.17, 15) is 24.8 Å². The van der Waals surface area contributed by atoms with Gasteiger partial charge in [-0.05, 0) is 79.3 Å². The average molecular weight is 653 g/mol. The Labute approximate surface area is 275 Å². The number of rotatable bonds is 10. The first-order valence-electron chi connectivity index (χ1n) is 14.6. The zero-order valence-corrected chi connectivity index (χ0v) is 26.9. The molecule has 0 aliphatic heterocycles. The number of nitriles is 1. The molecule has 0 saturated heterocycles. The molecule has 46 heavy (non-hydrogen) atoms. The highest BCUT2D eigenvalue weighted by molar-refractivity contribution is 8.00. The number of nitrogens with one attached hydrogen (secondary N) is 3. The Kier molecular flexibility index (Phi) is 10.4. The number of benzene rings is 3. The molecule has 4 aromatic rings. The molecular weight excluding hydrogens is 621 g/mol. The average Bonchev–Trinajstić information content (AvgIpc) is 3.40. The lowest BCUT2D eigenvalue weighted by atomic mass is 9.89.